The van der Waals surface area contributed by atoms with Gasteiger partial charge < -0.3 is 5.32 Å². The Balaban J connectivity index is 2.06. The Morgan fingerprint density at radius 1 is 1.26 bits per heavy atom. The lowest BCUT2D eigenvalue weighted by molar-refractivity contribution is -0.117. The van der Waals surface area contributed by atoms with Crippen molar-refractivity contribution in [2.24, 2.45) is 0 Å². The predicted molar refractivity (Wildman–Crippen MR) is 71.6 cm³/mol. The molecule has 0 spiro atoms. The molecule has 0 atom stereocenters. The summed E-state index contributed by atoms with van der Waals surface area (Å²) < 4.78 is 1.53. The molecule has 19 heavy (non-hydrogen) atoms. The molecule has 0 aliphatic carbocycles. The molecule has 0 saturated heterocycles. The lowest BCUT2D eigenvalue weighted by Crippen LogP contribution is -2.25. The number of tetrazole rings is 1. The van der Waals surface area contributed by atoms with Gasteiger partial charge in [0.05, 0.1) is 0 Å². The molecule has 0 bridgehead atoms. The maximum Gasteiger partial charge on any atom is 0.246 e. The standard InChI is InChI=1S/C13H17N5O/c1-13(2,3)12-15-16-17-18(12)9-11(19)14-10-7-5-4-6-8-10/h4-8H,9H2,1-3H3,(H,14,19). The number of carbonyl (C=O) groups excluding carboxylic acids is 1. The SMILES string of the molecule is CC(C)(C)c1nnnn1CC(=O)Nc1ccccc1. The van der Waals surface area contributed by atoms with Crippen LogP contribution in [-0.2, 0) is 16.8 Å². The third kappa shape index (κ3) is 3.37. The van der Waals surface area contributed by atoms with E-state index >= 15 is 0 Å². The number of aromatic nitrogens is 4. The number of hydrogen-bond donors (Lipinski definition) is 1. The molecule has 1 N–H and O–H groups in total. The van der Waals surface area contributed by atoms with E-state index in [4.69, 9.17) is 0 Å². The number of nitrogens with zero attached hydrogens (tertiary/aromatic N) is 4. The number of hydrogen-bond acceptors (Lipinski definition) is 4. The zero-order valence-corrected chi connectivity index (χ0v) is 11.3. The number of anilines is 1. The van der Waals surface area contributed by atoms with E-state index in [-0.39, 0.29) is 17.9 Å². The average molecular weight is 259 g/mol. The smallest absolute Gasteiger partial charge is 0.246 e. The lowest BCUT2D eigenvalue weighted by atomic mass is 9.96. The average Bonchev–Trinajstić information content (AvgIpc) is 2.78. The highest BCUT2D eigenvalue weighted by Gasteiger charge is 2.22. The minimum Gasteiger partial charge on any atom is -0.324 e. The molecule has 2 aromatic rings. The van der Waals surface area contributed by atoms with Crippen LogP contribution >= 0.6 is 0 Å². The molecular formula is C13H17N5O. The van der Waals surface area contributed by atoms with E-state index in [0.29, 0.717) is 5.82 Å². The largest absolute Gasteiger partial charge is 0.324 e. The molecule has 0 saturated carbocycles. The highest BCUT2D eigenvalue weighted by atomic mass is 16.2. The van der Waals surface area contributed by atoms with Crippen LogP contribution in [-0.4, -0.2) is 26.1 Å². The summed E-state index contributed by atoms with van der Waals surface area (Å²) >= 11 is 0. The number of benzene rings is 1. The van der Waals surface area contributed by atoms with Gasteiger partial charge in [0, 0.05) is 11.1 Å². The van der Waals surface area contributed by atoms with E-state index in [9.17, 15) is 4.79 Å². The van der Waals surface area contributed by atoms with E-state index in [0.717, 1.165) is 5.69 Å². The summed E-state index contributed by atoms with van der Waals surface area (Å²) in [7, 11) is 0. The summed E-state index contributed by atoms with van der Waals surface area (Å²) in [5.74, 6) is 0.541. The molecule has 1 aromatic heterocycles. The first-order chi connectivity index (χ1) is 8.97. The second-order valence-corrected chi connectivity index (χ2v) is 5.32. The van der Waals surface area contributed by atoms with E-state index in [1.165, 1.54) is 4.68 Å². The van der Waals surface area contributed by atoms with Crippen molar-refractivity contribution in [3.8, 4) is 0 Å². The zero-order valence-electron chi connectivity index (χ0n) is 11.3. The molecule has 0 fully saturated rings. The Hall–Kier alpha value is -2.24. The van der Waals surface area contributed by atoms with Crippen molar-refractivity contribution in [2.45, 2.75) is 32.7 Å². The van der Waals surface area contributed by atoms with Crippen LogP contribution in [0.5, 0.6) is 0 Å². The normalized spacial score (nSPS) is 11.3. The number of para-hydroxylation sites is 1. The monoisotopic (exact) mass is 259 g/mol. The van der Waals surface area contributed by atoms with Crippen LogP contribution < -0.4 is 5.32 Å². The highest BCUT2D eigenvalue weighted by Crippen LogP contribution is 2.18. The minimum absolute atomic E-state index is 0.106. The number of carbonyl (C=O) groups is 1. The Morgan fingerprint density at radius 2 is 1.95 bits per heavy atom. The summed E-state index contributed by atoms with van der Waals surface area (Å²) in [5, 5.41) is 14.3. The number of rotatable bonds is 3. The van der Waals surface area contributed by atoms with Gasteiger partial charge in [0.25, 0.3) is 0 Å². The molecule has 6 nitrogen and oxygen atoms in total. The second-order valence-electron chi connectivity index (χ2n) is 5.32. The Bertz CT molecular complexity index is 556. The summed E-state index contributed by atoms with van der Waals surface area (Å²) in [6.07, 6.45) is 0. The quantitative estimate of drug-likeness (QED) is 0.908. The molecule has 100 valence electrons. The molecular weight excluding hydrogens is 242 g/mol. The van der Waals surface area contributed by atoms with Gasteiger partial charge in [-0.15, -0.1) is 5.10 Å². The fourth-order valence-electron chi connectivity index (χ4n) is 1.71. The molecule has 1 amide bonds. The van der Waals surface area contributed by atoms with Crippen molar-refractivity contribution < 1.29 is 4.79 Å². The fraction of sp³-hybridized carbons (Fsp3) is 0.385. The molecule has 1 heterocycles. The van der Waals surface area contributed by atoms with Gasteiger partial charge in [-0.2, -0.15) is 0 Å². The molecule has 1 aromatic carbocycles. The fourth-order valence-corrected chi connectivity index (χ4v) is 1.71. The molecule has 0 radical (unpaired) electrons. The molecule has 6 heteroatoms. The first-order valence-corrected chi connectivity index (χ1v) is 6.08. The summed E-state index contributed by atoms with van der Waals surface area (Å²) in [5.41, 5.74) is 0.564. The van der Waals surface area contributed by atoms with E-state index in [1.54, 1.807) is 0 Å². The van der Waals surface area contributed by atoms with Crippen LogP contribution in [0.3, 0.4) is 0 Å². The molecule has 0 unspecified atom stereocenters. The van der Waals surface area contributed by atoms with Crippen LogP contribution in [0.2, 0.25) is 0 Å². The minimum atomic E-state index is -0.198. The number of nitrogens with one attached hydrogen (secondary N) is 1. The van der Waals surface area contributed by atoms with Crippen LogP contribution in [0.15, 0.2) is 30.3 Å². The van der Waals surface area contributed by atoms with E-state index in [2.05, 4.69) is 20.8 Å². The van der Waals surface area contributed by atoms with Gasteiger partial charge >= 0.3 is 0 Å². The molecule has 0 aliphatic heterocycles. The van der Waals surface area contributed by atoms with Crippen molar-refractivity contribution in [3.05, 3.63) is 36.2 Å². The Labute approximate surface area is 111 Å². The first kappa shape index (κ1) is 13.2. The van der Waals surface area contributed by atoms with Crippen LogP contribution in [0.1, 0.15) is 26.6 Å². The Morgan fingerprint density at radius 3 is 2.58 bits per heavy atom. The first-order valence-electron chi connectivity index (χ1n) is 6.08. The molecule has 0 aliphatic rings. The van der Waals surface area contributed by atoms with E-state index in [1.807, 2.05) is 51.1 Å². The van der Waals surface area contributed by atoms with Gasteiger partial charge in [-0.25, -0.2) is 4.68 Å². The molecule has 2 rings (SSSR count). The zero-order chi connectivity index (χ0) is 13.9. The Kier molecular flexibility index (Phi) is 3.59. The predicted octanol–water partition coefficient (Wildman–Crippen LogP) is 1.61. The van der Waals surface area contributed by atoms with Crippen molar-refractivity contribution >= 4 is 11.6 Å². The van der Waals surface area contributed by atoms with Gasteiger partial charge in [0.2, 0.25) is 5.91 Å². The number of amides is 1. The highest BCUT2D eigenvalue weighted by molar-refractivity contribution is 5.90. The topological polar surface area (TPSA) is 72.7 Å². The third-order valence-electron chi connectivity index (χ3n) is 2.55. The van der Waals surface area contributed by atoms with Gasteiger partial charge in [-0.1, -0.05) is 39.0 Å². The lowest BCUT2D eigenvalue weighted by Gasteiger charge is -2.16. The van der Waals surface area contributed by atoms with Crippen LogP contribution in [0.25, 0.3) is 0 Å². The van der Waals surface area contributed by atoms with Crippen molar-refractivity contribution in [2.75, 3.05) is 5.32 Å². The van der Waals surface area contributed by atoms with Crippen LogP contribution in [0, 0.1) is 0 Å². The van der Waals surface area contributed by atoms with E-state index < -0.39 is 0 Å². The van der Waals surface area contributed by atoms with Crippen LogP contribution in [0.4, 0.5) is 5.69 Å². The van der Waals surface area contributed by atoms with Gasteiger partial charge in [0.1, 0.15) is 6.54 Å². The van der Waals surface area contributed by atoms with Gasteiger partial charge in [-0.3, -0.25) is 4.79 Å². The van der Waals surface area contributed by atoms with Crippen molar-refractivity contribution in [1.29, 1.82) is 0 Å². The summed E-state index contributed by atoms with van der Waals surface area (Å²) in [6.45, 7) is 6.12. The summed E-state index contributed by atoms with van der Waals surface area (Å²) in [6, 6.07) is 9.31. The maximum atomic E-state index is 11.9. The third-order valence-corrected chi connectivity index (χ3v) is 2.55. The summed E-state index contributed by atoms with van der Waals surface area (Å²) in [4.78, 5) is 11.9. The maximum absolute atomic E-state index is 11.9. The second kappa shape index (κ2) is 5.17. The van der Waals surface area contributed by atoms with Crippen molar-refractivity contribution in [3.63, 3.8) is 0 Å². The van der Waals surface area contributed by atoms with Gasteiger partial charge in [-0.05, 0) is 22.6 Å². The van der Waals surface area contributed by atoms with Gasteiger partial charge in [0.15, 0.2) is 5.82 Å². The van der Waals surface area contributed by atoms with Crippen molar-refractivity contribution in [1.82, 2.24) is 20.2 Å².